The van der Waals surface area contributed by atoms with E-state index >= 15 is 0 Å². The Kier molecular flexibility index (Phi) is 4.65. The molecule has 0 heterocycles. The van der Waals surface area contributed by atoms with Gasteiger partial charge in [0, 0.05) is 21.8 Å². The number of nitrogens with one attached hydrogen (secondary N) is 1. The van der Waals surface area contributed by atoms with Crippen LogP contribution in [0.2, 0.25) is 5.02 Å². The largest absolute Gasteiger partial charge is 0.395 e. The summed E-state index contributed by atoms with van der Waals surface area (Å²) in [5.74, 6) is 0. The third-order valence-electron chi connectivity index (χ3n) is 3.16. The van der Waals surface area contributed by atoms with Gasteiger partial charge in [0.15, 0.2) is 0 Å². The van der Waals surface area contributed by atoms with Gasteiger partial charge >= 0.3 is 0 Å². The van der Waals surface area contributed by atoms with Crippen LogP contribution in [0.15, 0.2) is 41.3 Å². The van der Waals surface area contributed by atoms with Gasteiger partial charge in [0.2, 0.25) is 10.0 Å². The highest BCUT2D eigenvalue weighted by Gasteiger charge is 2.21. The van der Waals surface area contributed by atoms with E-state index in [0.717, 1.165) is 0 Å². The zero-order valence-corrected chi connectivity index (χ0v) is 12.6. The zero-order valence-electron chi connectivity index (χ0n) is 11.0. The van der Waals surface area contributed by atoms with Crippen molar-refractivity contribution in [1.29, 1.82) is 0 Å². The lowest BCUT2D eigenvalue weighted by Gasteiger charge is -2.16. The van der Waals surface area contributed by atoms with Crippen LogP contribution in [-0.2, 0) is 10.0 Å². The predicted molar refractivity (Wildman–Crippen MR) is 80.4 cm³/mol. The van der Waals surface area contributed by atoms with Crippen LogP contribution in [0.4, 0.5) is 0 Å². The normalized spacial score (nSPS) is 13.6. The number of rotatable bonds is 5. The van der Waals surface area contributed by atoms with Crippen molar-refractivity contribution in [3.8, 4) is 0 Å². The topological polar surface area (TPSA) is 66.4 Å². The highest BCUT2D eigenvalue weighted by molar-refractivity contribution is 7.89. The van der Waals surface area contributed by atoms with E-state index in [0.29, 0.717) is 22.2 Å². The van der Waals surface area contributed by atoms with Gasteiger partial charge in [-0.25, -0.2) is 13.1 Å². The smallest absolute Gasteiger partial charge is 0.241 e. The van der Waals surface area contributed by atoms with Crippen LogP contribution in [0.25, 0.3) is 10.8 Å². The summed E-state index contributed by atoms with van der Waals surface area (Å²) in [4.78, 5) is 0.171. The number of hydrogen-bond acceptors (Lipinski definition) is 3. The minimum Gasteiger partial charge on any atom is -0.395 e. The van der Waals surface area contributed by atoms with Crippen LogP contribution in [0.1, 0.15) is 13.3 Å². The number of sulfonamides is 1. The molecule has 0 aliphatic rings. The molecule has 2 N–H and O–H groups in total. The molecule has 20 heavy (non-hydrogen) atoms. The Bertz CT molecular complexity index is 711. The summed E-state index contributed by atoms with van der Waals surface area (Å²) in [6.45, 7) is 1.57. The number of hydrogen-bond donors (Lipinski definition) is 2. The van der Waals surface area contributed by atoms with Gasteiger partial charge in [-0.1, -0.05) is 42.8 Å². The highest BCUT2D eigenvalue weighted by atomic mass is 35.5. The lowest BCUT2D eigenvalue weighted by atomic mass is 10.1. The first kappa shape index (κ1) is 15.3. The Hall–Kier alpha value is -1.14. The second-order valence-corrected chi connectivity index (χ2v) is 6.59. The first-order valence-electron chi connectivity index (χ1n) is 6.30. The molecule has 108 valence electrons. The zero-order chi connectivity index (χ0) is 14.8. The molecule has 0 amide bonds. The number of fused-ring (bicyclic) bond motifs is 1. The van der Waals surface area contributed by atoms with Crippen molar-refractivity contribution in [3.05, 3.63) is 41.4 Å². The van der Waals surface area contributed by atoms with Crippen molar-refractivity contribution in [1.82, 2.24) is 4.72 Å². The molecule has 0 aliphatic heterocycles. The SMILES string of the molecule is CC[C@@H](CO)NS(=O)(=O)c1ccc(Cl)c2ccccc12. The van der Waals surface area contributed by atoms with Gasteiger partial charge in [-0.15, -0.1) is 0 Å². The molecule has 0 aliphatic carbocycles. The van der Waals surface area contributed by atoms with Crippen molar-refractivity contribution in [2.75, 3.05) is 6.61 Å². The maximum absolute atomic E-state index is 12.4. The fourth-order valence-corrected chi connectivity index (χ4v) is 3.75. The second-order valence-electron chi connectivity index (χ2n) is 4.50. The van der Waals surface area contributed by atoms with Crippen molar-refractivity contribution in [2.24, 2.45) is 0 Å². The summed E-state index contributed by atoms with van der Waals surface area (Å²) in [7, 11) is -3.70. The number of benzene rings is 2. The summed E-state index contributed by atoms with van der Waals surface area (Å²) in [5, 5.41) is 10.9. The van der Waals surface area contributed by atoms with E-state index in [9.17, 15) is 8.42 Å². The van der Waals surface area contributed by atoms with Gasteiger partial charge in [-0.2, -0.15) is 0 Å². The summed E-state index contributed by atoms with van der Waals surface area (Å²) in [5.41, 5.74) is 0. The lowest BCUT2D eigenvalue weighted by Crippen LogP contribution is -2.36. The first-order valence-corrected chi connectivity index (χ1v) is 8.16. The van der Waals surface area contributed by atoms with Gasteiger partial charge in [-0.05, 0) is 18.6 Å². The molecule has 0 bridgehead atoms. The third kappa shape index (κ3) is 2.96. The van der Waals surface area contributed by atoms with Gasteiger partial charge < -0.3 is 5.11 Å². The Balaban J connectivity index is 2.55. The molecule has 0 saturated carbocycles. The van der Waals surface area contributed by atoms with Gasteiger partial charge in [0.05, 0.1) is 11.5 Å². The average Bonchev–Trinajstić information content (AvgIpc) is 2.45. The van der Waals surface area contributed by atoms with Crippen molar-refractivity contribution in [2.45, 2.75) is 24.3 Å². The maximum atomic E-state index is 12.4. The molecule has 0 radical (unpaired) electrons. The van der Waals surface area contributed by atoms with E-state index in [1.807, 2.05) is 6.92 Å². The standard InChI is InChI=1S/C14H16ClNO3S/c1-2-10(9-17)16-20(18,19)14-8-7-13(15)11-5-3-4-6-12(11)14/h3-8,10,16-17H,2,9H2,1H3/t10-/m0/s1. The monoisotopic (exact) mass is 313 g/mol. The molecule has 0 unspecified atom stereocenters. The minimum absolute atomic E-state index is 0.171. The third-order valence-corrected chi connectivity index (χ3v) is 5.06. The minimum atomic E-state index is -3.70. The van der Waals surface area contributed by atoms with Crippen LogP contribution < -0.4 is 4.72 Å². The average molecular weight is 314 g/mol. The molecule has 1 atom stereocenters. The Morgan fingerprint density at radius 1 is 1.20 bits per heavy atom. The molecule has 0 saturated heterocycles. The molecule has 6 heteroatoms. The molecule has 0 aromatic heterocycles. The molecular formula is C14H16ClNO3S. The molecule has 4 nitrogen and oxygen atoms in total. The first-order chi connectivity index (χ1) is 9.49. The fraction of sp³-hybridized carbons (Fsp3) is 0.286. The van der Waals surface area contributed by atoms with E-state index in [1.165, 1.54) is 6.07 Å². The van der Waals surface area contributed by atoms with Crippen LogP contribution >= 0.6 is 11.6 Å². The van der Waals surface area contributed by atoms with Crippen molar-refractivity contribution < 1.29 is 13.5 Å². The molecule has 0 spiro atoms. The van der Waals surface area contributed by atoms with Crippen LogP contribution in [-0.4, -0.2) is 26.2 Å². The number of aliphatic hydroxyl groups excluding tert-OH is 1. The molecular weight excluding hydrogens is 298 g/mol. The molecule has 2 aromatic carbocycles. The van der Waals surface area contributed by atoms with E-state index < -0.39 is 16.1 Å². The van der Waals surface area contributed by atoms with E-state index in [2.05, 4.69) is 4.72 Å². The quantitative estimate of drug-likeness (QED) is 0.891. The number of aliphatic hydroxyl groups is 1. The second kappa shape index (κ2) is 6.10. The molecule has 2 rings (SSSR count). The van der Waals surface area contributed by atoms with Crippen LogP contribution in [0.3, 0.4) is 0 Å². The Morgan fingerprint density at radius 2 is 1.85 bits per heavy atom. The van der Waals surface area contributed by atoms with Gasteiger partial charge in [0.1, 0.15) is 0 Å². The summed E-state index contributed by atoms with van der Waals surface area (Å²) in [6, 6.07) is 9.63. The fourth-order valence-electron chi connectivity index (χ4n) is 2.00. The van der Waals surface area contributed by atoms with Crippen LogP contribution in [0.5, 0.6) is 0 Å². The van der Waals surface area contributed by atoms with Crippen molar-refractivity contribution in [3.63, 3.8) is 0 Å². The highest BCUT2D eigenvalue weighted by Crippen LogP contribution is 2.29. The van der Waals surface area contributed by atoms with Crippen LogP contribution in [0, 0.1) is 0 Å². The maximum Gasteiger partial charge on any atom is 0.241 e. The molecule has 0 fully saturated rings. The van der Waals surface area contributed by atoms with E-state index in [4.69, 9.17) is 16.7 Å². The van der Waals surface area contributed by atoms with Crippen molar-refractivity contribution >= 4 is 32.4 Å². The molecule has 2 aromatic rings. The lowest BCUT2D eigenvalue weighted by molar-refractivity contribution is 0.254. The number of halogens is 1. The summed E-state index contributed by atoms with van der Waals surface area (Å²) in [6.07, 6.45) is 0.515. The summed E-state index contributed by atoms with van der Waals surface area (Å²) >= 11 is 6.08. The summed E-state index contributed by atoms with van der Waals surface area (Å²) < 4.78 is 27.3. The Morgan fingerprint density at radius 3 is 2.45 bits per heavy atom. The van der Waals surface area contributed by atoms with E-state index in [-0.39, 0.29) is 11.5 Å². The van der Waals surface area contributed by atoms with E-state index in [1.54, 1.807) is 30.3 Å². The predicted octanol–water partition coefficient (Wildman–Crippen LogP) is 2.54. The van der Waals surface area contributed by atoms with Gasteiger partial charge in [-0.3, -0.25) is 0 Å². The van der Waals surface area contributed by atoms with Gasteiger partial charge in [0.25, 0.3) is 0 Å². The Labute approximate surface area is 123 Å².